The number of aryl methyl sites for hydroxylation is 1. The molecule has 2 saturated heterocycles. The molecule has 0 aliphatic carbocycles. The molecule has 0 spiro atoms. The van der Waals surface area contributed by atoms with E-state index in [1.165, 1.54) is 6.20 Å². The van der Waals surface area contributed by atoms with Gasteiger partial charge < -0.3 is 20.6 Å². The van der Waals surface area contributed by atoms with Crippen molar-refractivity contribution in [1.29, 1.82) is 0 Å². The molecule has 2 fully saturated rings. The van der Waals surface area contributed by atoms with Gasteiger partial charge in [-0.3, -0.25) is 10.6 Å². The lowest BCUT2D eigenvalue weighted by atomic mass is 10.2. The molecule has 7 nitrogen and oxygen atoms in total. The van der Waals surface area contributed by atoms with Crippen molar-refractivity contribution < 1.29 is 9.35 Å². The maximum absolute atomic E-state index is 13.0. The number of piperazine rings is 1. The maximum atomic E-state index is 13.0. The van der Waals surface area contributed by atoms with E-state index in [2.05, 4.69) is 9.73 Å². The number of hydrazine groups is 1. The summed E-state index contributed by atoms with van der Waals surface area (Å²) >= 11 is -1.20. The zero-order valence-electron chi connectivity index (χ0n) is 13.6. The van der Waals surface area contributed by atoms with Crippen LogP contribution in [0.3, 0.4) is 0 Å². The molecule has 1 aromatic carbocycles. The van der Waals surface area contributed by atoms with Crippen LogP contribution in [0.5, 0.6) is 0 Å². The Balaban J connectivity index is 1.74. The zero-order valence-corrected chi connectivity index (χ0v) is 14.5. The summed E-state index contributed by atoms with van der Waals surface area (Å²) in [6.45, 7) is 3.08. The van der Waals surface area contributed by atoms with Gasteiger partial charge in [0.2, 0.25) is 0 Å². The van der Waals surface area contributed by atoms with Gasteiger partial charge in [0.15, 0.2) is 4.90 Å². The smallest absolute Gasteiger partial charge is 0.272 e. The van der Waals surface area contributed by atoms with Gasteiger partial charge >= 0.3 is 0 Å². The lowest BCUT2D eigenvalue weighted by molar-refractivity contribution is -0.129. The van der Waals surface area contributed by atoms with Crippen molar-refractivity contribution >= 4 is 17.3 Å². The van der Waals surface area contributed by atoms with Crippen LogP contribution in [0.4, 0.5) is 0 Å². The third-order valence-corrected chi connectivity index (χ3v) is 6.32. The topological polar surface area (TPSA) is 111 Å². The predicted molar refractivity (Wildman–Crippen MR) is 92.4 cm³/mol. The van der Waals surface area contributed by atoms with Gasteiger partial charge in [0.1, 0.15) is 5.70 Å². The van der Waals surface area contributed by atoms with Crippen molar-refractivity contribution in [2.24, 2.45) is 11.6 Å². The molecule has 2 bridgehead atoms. The average molecular weight is 349 g/mol. The monoisotopic (exact) mass is 349 g/mol. The van der Waals surface area contributed by atoms with E-state index in [9.17, 15) is 9.35 Å². The van der Waals surface area contributed by atoms with Gasteiger partial charge in [0, 0.05) is 19.3 Å². The highest BCUT2D eigenvalue weighted by Gasteiger charge is 2.48. The van der Waals surface area contributed by atoms with Crippen molar-refractivity contribution in [2.75, 3.05) is 13.1 Å². The van der Waals surface area contributed by atoms with E-state index in [0.29, 0.717) is 13.1 Å². The van der Waals surface area contributed by atoms with E-state index in [-0.39, 0.29) is 23.7 Å². The van der Waals surface area contributed by atoms with E-state index in [1.807, 2.05) is 31.2 Å². The van der Waals surface area contributed by atoms with Crippen LogP contribution in [-0.4, -0.2) is 44.8 Å². The summed E-state index contributed by atoms with van der Waals surface area (Å²) in [6.07, 6.45) is 3.05. The van der Waals surface area contributed by atoms with Crippen molar-refractivity contribution in [3.05, 3.63) is 41.7 Å². The SMILES string of the molecule is Cc1ccc([S+]([O-])N2C3CCC2CN(C(=O)/C(=C/N)NN)C3)cc1. The quantitative estimate of drug-likeness (QED) is 0.304. The van der Waals surface area contributed by atoms with E-state index in [0.717, 1.165) is 23.3 Å². The highest BCUT2D eigenvalue weighted by atomic mass is 32.2. The van der Waals surface area contributed by atoms with Crippen molar-refractivity contribution in [1.82, 2.24) is 14.6 Å². The normalized spacial score (nSPS) is 25.6. The molecule has 5 N–H and O–H groups in total. The van der Waals surface area contributed by atoms with Crippen LogP contribution in [0.15, 0.2) is 41.1 Å². The molecule has 0 saturated carbocycles. The van der Waals surface area contributed by atoms with E-state index in [1.54, 1.807) is 4.90 Å². The second kappa shape index (κ2) is 7.02. The number of hydrogen-bond donors (Lipinski definition) is 3. The Labute approximate surface area is 144 Å². The average Bonchev–Trinajstić information content (AvgIpc) is 2.85. The molecule has 0 radical (unpaired) electrons. The Morgan fingerprint density at radius 3 is 2.38 bits per heavy atom. The number of nitrogens with zero attached hydrogens (tertiary/aromatic N) is 2. The first kappa shape index (κ1) is 17.1. The minimum atomic E-state index is -1.20. The fourth-order valence-electron chi connectivity index (χ4n) is 3.43. The number of nitrogens with one attached hydrogen (secondary N) is 1. The highest BCUT2D eigenvalue weighted by Crippen LogP contribution is 2.35. The molecule has 8 heteroatoms. The van der Waals surface area contributed by atoms with Gasteiger partial charge in [-0.25, -0.2) is 0 Å². The minimum Gasteiger partial charge on any atom is -0.593 e. The Morgan fingerprint density at radius 2 is 1.88 bits per heavy atom. The number of benzene rings is 1. The summed E-state index contributed by atoms with van der Waals surface area (Å²) in [7, 11) is 0. The lowest BCUT2D eigenvalue weighted by Gasteiger charge is -2.39. The number of fused-ring (bicyclic) bond motifs is 2. The van der Waals surface area contributed by atoms with Gasteiger partial charge in [-0.1, -0.05) is 17.7 Å². The van der Waals surface area contributed by atoms with E-state index < -0.39 is 11.4 Å². The highest BCUT2D eigenvalue weighted by molar-refractivity contribution is 7.89. The van der Waals surface area contributed by atoms with Gasteiger partial charge in [0.25, 0.3) is 5.91 Å². The molecular formula is C16H23N5O2S. The molecule has 3 unspecified atom stereocenters. The summed E-state index contributed by atoms with van der Waals surface area (Å²) in [5, 5.41) is 0. The van der Waals surface area contributed by atoms with Crippen LogP contribution in [-0.2, 0) is 16.2 Å². The maximum Gasteiger partial charge on any atom is 0.272 e. The molecule has 2 heterocycles. The summed E-state index contributed by atoms with van der Waals surface area (Å²) < 4.78 is 15.0. The Kier molecular flexibility index (Phi) is 5.00. The first-order chi connectivity index (χ1) is 11.5. The Hall–Kier alpha value is -1.74. The molecule has 0 aromatic heterocycles. The predicted octanol–water partition coefficient (Wildman–Crippen LogP) is -0.0438. The van der Waals surface area contributed by atoms with Crippen LogP contribution in [0, 0.1) is 6.92 Å². The zero-order chi connectivity index (χ0) is 17.3. The summed E-state index contributed by atoms with van der Waals surface area (Å²) in [6, 6.07) is 7.95. The van der Waals surface area contributed by atoms with Crippen LogP contribution >= 0.6 is 0 Å². The van der Waals surface area contributed by atoms with Gasteiger partial charge in [-0.05, 0) is 31.9 Å². The molecule has 2 aliphatic heterocycles. The molecule has 3 rings (SSSR count). The third kappa shape index (κ3) is 3.10. The lowest BCUT2D eigenvalue weighted by Crippen LogP contribution is -2.57. The fourth-order valence-corrected chi connectivity index (χ4v) is 4.93. The van der Waals surface area contributed by atoms with Gasteiger partial charge in [-0.2, -0.15) is 0 Å². The number of rotatable bonds is 4. The van der Waals surface area contributed by atoms with Crippen molar-refractivity contribution in [3.8, 4) is 0 Å². The summed E-state index contributed by atoms with van der Waals surface area (Å²) in [5.41, 5.74) is 9.09. The van der Waals surface area contributed by atoms with E-state index in [4.69, 9.17) is 11.6 Å². The largest absolute Gasteiger partial charge is 0.593 e. The number of carbonyl (C=O) groups excluding carboxylic acids is 1. The second-order valence-electron chi connectivity index (χ2n) is 6.24. The van der Waals surface area contributed by atoms with Crippen molar-refractivity contribution in [3.63, 3.8) is 0 Å². The van der Waals surface area contributed by atoms with Crippen LogP contribution in [0.25, 0.3) is 0 Å². The molecular weight excluding hydrogens is 326 g/mol. The summed E-state index contributed by atoms with van der Waals surface area (Å²) in [4.78, 5) is 15.0. The Morgan fingerprint density at radius 1 is 1.29 bits per heavy atom. The van der Waals surface area contributed by atoms with Gasteiger partial charge in [-0.15, -0.1) is 4.31 Å². The third-order valence-electron chi connectivity index (χ3n) is 4.67. The van der Waals surface area contributed by atoms with Crippen molar-refractivity contribution in [2.45, 2.75) is 36.7 Å². The van der Waals surface area contributed by atoms with Crippen LogP contribution in [0.1, 0.15) is 18.4 Å². The number of nitrogens with two attached hydrogens (primary N) is 2. The first-order valence-corrected chi connectivity index (χ1v) is 9.10. The standard InChI is InChI=1S/C16H23N5O2S/c1-11-2-6-14(7-3-11)24(23)21-12-4-5-13(21)10-20(9-12)16(22)15(8-17)19-18/h2-3,6-8,12-13,19H,4-5,9-10,17-18H2,1H3/b15-8-. The molecule has 2 aliphatic rings. The number of amides is 1. The molecule has 24 heavy (non-hydrogen) atoms. The first-order valence-electron chi connectivity index (χ1n) is 7.99. The van der Waals surface area contributed by atoms with Crippen LogP contribution in [0.2, 0.25) is 0 Å². The Bertz CT molecular complexity index is 622. The summed E-state index contributed by atoms with van der Waals surface area (Å²) in [5.74, 6) is 5.12. The number of likely N-dealkylation sites (tertiary alicyclic amines) is 1. The molecule has 3 atom stereocenters. The minimum absolute atomic E-state index is 0.0895. The van der Waals surface area contributed by atoms with Gasteiger partial charge in [0.05, 0.1) is 23.4 Å². The number of hydrogen-bond acceptors (Lipinski definition) is 6. The van der Waals surface area contributed by atoms with E-state index >= 15 is 0 Å². The second-order valence-corrected chi connectivity index (χ2v) is 7.63. The molecule has 1 amide bonds. The molecule has 1 aromatic rings. The fraction of sp³-hybridized carbons (Fsp3) is 0.438. The van der Waals surface area contributed by atoms with Crippen LogP contribution < -0.4 is 17.0 Å². The number of carbonyl (C=O) groups is 1. The molecule has 130 valence electrons.